The monoisotopic (exact) mass is 202 g/mol. The summed E-state index contributed by atoms with van der Waals surface area (Å²) < 4.78 is 0. The third kappa shape index (κ3) is 2.87. The number of halogens is 1. The van der Waals surface area contributed by atoms with E-state index in [-0.39, 0.29) is 18.4 Å². The van der Waals surface area contributed by atoms with Crippen LogP contribution in [0.1, 0.15) is 11.6 Å². The lowest BCUT2D eigenvalue weighted by molar-refractivity contribution is -0.214. The molecule has 0 amide bonds. The first-order valence-electron chi connectivity index (χ1n) is 3.38. The van der Waals surface area contributed by atoms with Gasteiger partial charge in [0.1, 0.15) is 6.04 Å². The molecule has 5 N–H and O–H groups in total. The molecule has 1 rings (SSSR count). The topological polar surface area (TPSA) is 53.7 Å². The van der Waals surface area contributed by atoms with Gasteiger partial charge in [-0.1, -0.05) is 30.3 Å². The van der Waals surface area contributed by atoms with Gasteiger partial charge < -0.3 is 23.9 Å². The normalized spacial score (nSPS) is 11.5. The third-order valence-electron chi connectivity index (χ3n) is 1.51. The van der Waals surface area contributed by atoms with Crippen molar-refractivity contribution in [2.24, 2.45) is 5.73 Å². The predicted molar refractivity (Wildman–Crippen MR) is 48.9 cm³/mol. The summed E-state index contributed by atoms with van der Waals surface area (Å²) in [4.78, 5) is 0.580. The van der Waals surface area contributed by atoms with Crippen molar-refractivity contribution < 1.29 is 18.1 Å². The van der Waals surface area contributed by atoms with Gasteiger partial charge in [0.25, 0.3) is 0 Å². The van der Waals surface area contributed by atoms with Gasteiger partial charge in [0.15, 0.2) is 4.99 Å². The molecule has 0 fully saturated rings. The van der Waals surface area contributed by atoms with Crippen LogP contribution in [0, 0.1) is 0 Å². The highest BCUT2D eigenvalue weighted by molar-refractivity contribution is 7.80. The fourth-order valence-corrected chi connectivity index (χ4v) is 0.982. The lowest BCUT2D eigenvalue weighted by Gasteiger charge is -2.05. The SMILES string of the molecule is NC(C([NH3+])=S)c1ccccc1.[Cl-]. The van der Waals surface area contributed by atoms with E-state index in [1.54, 1.807) is 0 Å². The second-order valence-corrected chi connectivity index (χ2v) is 2.88. The van der Waals surface area contributed by atoms with E-state index in [1.807, 2.05) is 30.3 Å². The molecule has 0 spiro atoms. The summed E-state index contributed by atoms with van der Waals surface area (Å²) in [5.41, 5.74) is 10.4. The lowest BCUT2D eigenvalue weighted by Crippen LogP contribution is -3.00. The summed E-state index contributed by atoms with van der Waals surface area (Å²) in [6.07, 6.45) is 0. The number of benzene rings is 1. The molecular formula is C8H11ClN2S. The van der Waals surface area contributed by atoms with E-state index in [1.165, 1.54) is 0 Å². The number of nitrogens with two attached hydrogens (primary N) is 1. The Hall–Kier alpha value is -0.480. The molecule has 0 aromatic heterocycles. The van der Waals surface area contributed by atoms with Gasteiger partial charge in [-0.25, -0.2) is 0 Å². The van der Waals surface area contributed by atoms with Gasteiger partial charge in [0.05, 0.1) is 0 Å². The van der Waals surface area contributed by atoms with Crippen LogP contribution in [0.2, 0.25) is 0 Å². The molecule has 12 heavy (non-hydrogen) atoms. The zero-order valence-electron chi connectivity index (χ0n) is 6.53. The van der Waals surface area contributed by atoms with Crippen LogP contribution in [-0.4, -0.2) is 4.99 Å². The maximum atomic E-state index is 5.73. The third-order valence-corrected chi connectivity index (χ3v) is 1.76. The minimum absolute atomic E-state index is 0. The first-order valence-corrected chi connectivity index (χ1v) is 3.79. The van der Waals surface area contributed by atoms with Crippen molar-refractivity contribution in [1.29, 1.82) is 0 Å². The van der Waals surface area contributed by atoms with Gasteiger partial charge in [-0.3, -0.25) is 0 Å². The summed E-state index contributed by atoms with van der Waals surface area (Å²) in [6.45, 7) is 0. The molecule has 1 aromatic carbocycles. The fraction of sp³-hybridized carbons (Fsp3) is 0.125. The molecule has 0 radical (unpaired) electrons. The number of thiocarbonyl (C=S) groups is 1. The molecule has 66 valence electrons. The van der Waals surface area contributed by atoms with Gasteiger partial charge in [-0.2, -0.15) is 0 Å². The molecule has 0 bridgehead atoms. The van der Waals surface area contributed by atoms with Crippen molar-refractivity contribution in [3.05, 3.63) is 35.9 Å². The van der Waals surface area contributed by atoms with Crippen molar-refractivity contribution in [2.45, 2.75) is 6.04 Å². The van der Waals surface area contributed by atoms with Crippen molar-refractivity contribution in [2.75, 3.05) is 0 Å². The summed E-state index contributed by atoms with van der Waals surface area (Å²) in [5, 5.41) is 0. The molecule has 1 unspecified atom stereocenters. The Bertz CT molecular complexity index is 250. The minimum atomic E-state index is -0.203. The Morgan fingerprint density at radius 2 is 1.83 bits per heavy atom. The van der Waals surface area contributed by atoms with Crippen LogP contribution in [0.25, 0.3) is 0 Å². The molecule has 0 aliphatic carbocycles. The van der Waals surface area contributed by atoms with E-state index in [4.69, 9.17) is 18.0 Å². The van der Waals surface area contributed by atoms with Crippen LogP contribution in [0.15, 0.2) is 30.3 Å². The average molecular weight is 203 g/mol. The lowest BCUT2D eigenvalue weighted by atomic mass is 10.1. The first-order chi connectivity index (χ1) is 5.22. The maximum Gasteiger partial charge on any atom is 0.190 e. The minimum Gasteiger partial charge on any atom is -1.00 e. The van der Waals surface area contributed by atoms with Crippen molar-refractivity contribution >= 4 is 17.2 Å². The van der Waals surface area contributed by atoms with Crippen molar-refractivity contribution in [3.63, 3.8) is 0 Å². The van der Waals surface area contributed by atoms with Gasteiger partial charge in [0, 0.05) is 0 Å². The summed E-state index contributed by atoms with van der Waals surface area (Å²) in [6, 6.07) is 9.51. The molecule has 0 heterocycles. The Labute approximate surface area is 83.4 Å². The molecule has 4 heteroatoms. The molecule has 0 aliphatic heterocycles. The van der Waals surface area contributed by atoms with Crippen molar-refractivity contribution in [3.8, 4) is 0 Å². The summed E-state index contributed by atoms with van der Waals surface area (Å²) >= 11 is 4.86. The Morgan fingerprint density at radius 1 is 1.33 bits per heavy atom. The summed E-state index contributed by atoms with van der Waals surface area (Å²) in [5.74, 6) is 0. The number of rotatable bonds is 2. The molecule has 2 nitrogen and oxygen atoms in total. The predicted octanol–water partition coefficient (Wildman–Crippen LogP) is -2.74. The molecule has 0 saturated heterocycles. The number of hydrogen-bond acceptors (Lipinski definition) is 2. The van der Waals surface area contributed by atoms with E-state index < -0.39 is 0 Å². The van der Waals surface area contributed by atoms with Gasteiger partial charge in [0.2, 0.25) is 0 Å². The Kier molecular flexibility index (Phi) is 5.01. The first kappa shape index (κ1) is 11.5. The van der Waals surface area contributed by atoms with Crippen LogP contribution >= 0.6 is 12.2 Å². The highest BCUT2D eigenvalue weighted by Crippen LogP contribution is 2.07. The van der Waals surface area contributed by atoms with E-state index in [0.717, 1.165) is 5.56 Å². The highest BCUT2D eigenvalue weighted by Gasteiger charge is 2.09. The van der Waals surface area contributed by atoms with Crippen molar-refractivity contribution in [1.82, 2.24) is 0 Å². The molecule has 1 atom stereocenters. The van der Waals surface area contributed by atoms with E-state index in [0.29, 0.717) is 4.99 Å². The standard InChI is InChI=1S/C8H10N2S.ClH/c9-7(8(10)11)6-4-2-1-3-5-6;/h1-5,7H,9H2,(H2,10,11);1H. The van der Waals surface area contributed by atoms with E-state index in [2.05, 4.69) is 5.73 Å². The maximum absolute atomic E-state index is 5.73. The number of quaternary nitrogens is 1. The zero-order valence-corrected chi connectivity index (χ0v) is 8.11. The van der Waals surface area contributed by atoms with Gasteiger partial charge in [-0.05, 0) is 17.8 Å². The zero-order chi connectivity index (χ0) is 8.27. The smallest absolute Gasteiger partial charge is 0.190 e. The molecule has 1 aromatic rings. The Balaban J connectivity index is 0.00000121. The quantitative estimate of drug-likeness (QED) is 0.512. The number of hydrogen-bond donors (Lipinski definition) is 2. The van der Waals surface area contributed by atoms with Gasteiger partial charge in [-0.15, -0.1) is 0 Å². The second kappa shape index (κ2) is 5.22. The van der Waals surface area contributed by atoms with Crippen LogP contribution in [0.3, 0.4) is 0 Å². The van der Waals surface area contributed by atoms with Gasteiger partial charge >= 0.3 is 0 Å². The Morgan fingerprint density at radius 3 is 2.25 bits per heavy atom. The van der Waals surface area contributed by atoms with Crippen LogP contribution in [0.4, 0.5) is 0 Å². The second-order valence-electron chi connectivity index (χ2n) is 2.35. The van der Waals surface area contributed by atoms with Crippen LogP contribution < -0.4 is 23.9 Å². The fourth-order valence-electron chi connectivity index (χ4n) is 0.846. The van der Waals surface area contributed by atoms with E-state index >= 15 is 0 Å². The summed E-state index contributed by atoms with van der Waals surface area (Å²) in [7, 11) is 0. The van der Waals surface area contributed by atoms with Crippen LogP contribution in [0.5, 0.6) is 0 Å². The molecule has 0 saturated carbocycles. The largest absolute Gasteiger partial charge is 1.00 e. The molecule has 0 aliphatic rings. The average Bonchev–Trinajstić information content (AvgIpc) is 2.05. The molecular weight excluding hydrogens is 192 g/mol. The highest BCUT2D eigenvalue weighted by atomic mass is 35.5. The van der Waals surface area contributed by atoms with E-state index in [9.17, 15) is 0 Å². The van der Waals surface area contributed by atoms with Crippen LogP contribution in [-0.2, 0) is 0 Å².